The molecule has 3 aliphatic rings. The van der Waals surface area contributed by atoms with Gasteiger partial charge in [-0.2, -0.15) is 13.2 Å². The number of carboxylic acid groups (broad SMARTS) is 1. The van der Waals surface area contributed by atoms with Gasteiger partial charge in [-0.3, -0.25) is 9.78 Å². The van der Waals surface area contributed by atoms with Crippen LogP contribution in [-0.4, -0.2) is 64.9 Å². The Morgan fingerprint density at radius 3 is 2.62 bits per heavy atom. The van der Waals surface area contributed by atoms with Crippen molar-refractivity contribution in [3.05, 3.63) is 51.5 Å². The molecule has 11 heteroatoms. The smallest absolute Gasteiger partial charge is 0.475 e. The number of aryl methyl sites for hydroxylation is 2. The molecule has 1 atom stereocenters. The van der Waals surface area contributed by atoms with Crippen molar-refractivity contribution >= 4 is 23.2 Å². The Morgan fingerprint density at radius 1 is 1.26 bits per heavy atom. The number of halogens is 3. The van der Waals surface area contributed by atoms with Gasteiger partial charge in [0.05, 0.1) is 31.2 Å². The van der Waals surface area contributed by atoms with E-state index in [9.17, 15) is 18.0 Å². The van der Waals surface area contributed by atoms with Gasteiger partial charge < -0.3 is 19.5 Å². The van der Waals surface area contributed by atoms with Crippen LogP contribution in [0.5, 0.6) is 0 Å². The Labute approximate surface area is 198 Å². The van der Waals surface area contributed by atoms with E-state index in [0.717, 1.165) is 36.3 Å². The molecule has 34 heavy (non-hydrogen) atoms. The lowest BCUT2D eigenvalue weighted by Gasteiger charge is -2.50. The van der Waals surface area contributed by atoms with Gasteiger partial charge in [0, 0.05) is 29.8 Å². The summed E-state index contributed by atoms with van der Waals surface area (Å²) < 4.78 is 43.8. The van der Waals surface area contributed by atoms with Crippen LogP contribution in [0.3, 0.4) is 0 Å². The first-order valence-corrected chi connectivity index (χ1v) is 11.8. The molecule has 184 valence electrons. The number of aliphatic carboxylic acids is 1. The zero-order chi connectivity index (χ0) is 24.3. The SMILES string of the molecule is O=C(O)C(F)(F)F.O=C(c1cc2c(s1)CCC2)N1CC2(C1)OCCC2COCc1ccncc1. The predicted octanol–water partition coefficient (Wildman–Crippen LogP) is 3.71. The number of thiophene rings is 1. The number of alkyl halides is 3. The number of amides is 1. The summed E-state index contributed by atoms with van der Waals surface area (Å²) in [5, 5.41) is 7.12. The monoisotopic (exact) mass is 498 g/mol. The van der Waals surface area contributed by atoms with Crippen LogP contribution in [0.25, 0.3) is 0 Å². The number of ether oxygens (including phenoxy) is 2. The van der Waals surface area contributed by atoms with E-state index in [-0.39, 0.29) is 11.5 Å². The average Bonchev–Trinajstić information content (AvgIpc) is 3.47. The Kier molecular flexibility index (Phi) is 7.25. The van der Waals surface area contributed by atoms with Crippen molar-refractivity contribution in [2.75, 3.05) is 26.3 Å². The minimum atomic E-state index is -5.08. The molecule has 2 saturated heterocycles. The molecule has 2 fully saturated rings. The number of aromatic nitrogens is 1. The number of hydrogen-bond donors (Lipinski definition) is 1. The van der Waals surface area contributed by atoms with Gasteiger partial charge >= 0.3 is 12.1 Å². The van der Waals surface area contributed by atoms with E-state index < -0.39 is 12.1 Å². The molecule has 0 bridgehead atoms. The highest BCUT2D eigenvalue weighted by molar-refractivity contribution is 7.14. The van der Waals surface area contributed by atoms with E-state index in [1.165, 1.54) is 16.9 Å². The zero-order valence-electron chi connectivity index (χ0n) is 18.3. The fourth-order valence-corrected chi connectivity index (χ4v) is 5.72. The Balaban J connectivity index is 0.000000344. The molecule has 7 nitrogen and oxygen atoms in total. The molecule has 2 aromatic rings. The van der Waals surface area contributed by atoms with Crippen LogP contribution < -0.4 is 0 Å². The number of rotatable bonds is 5. The largest absolute Gasteiger partial charge is 0.490 e. The molecular formula is C23H25F3N2O5S. The van der Waals surface area contributed by atoms with Crippen LogP contribution >= 0.6 is 11.3 Å². The molecule has 1 unspecified atom stereocenters. The second kappa shape index (κ2) is 10.0. The van der Waals surface area contributed by atoms with E-state index in [1.807, 2.05) is 17.0 Å². The molecule has 0 aromatic carbocycles. The summed E-state index contributed by atoms with van der Waals surface area (Å²) in [7, 11) is 0. The minimum absolute atomic E-state index is 0.173. The average molecular weight is 499 g/mol. The van der Waals surface area contributed by atoms with Crippen molar-refractivity contribution in [3.63, 3.8) is 0 Å². The van der Waals surface area contributed by atoms with E-state index in [2.05, 4.69) is 11.1 Å². The van der Waals surface area contributed by atoms with Crippen molar-refractivity contribution in [2.45, 2.75) is 44.1 Å². The van der Waals surface area contributed by atoms with Gasteiger partial charge in [0.1, 0.15) is 5.60 Å². The zero-order valence-corrected chi connectivity index (χ0v) is 19.2. The second-order valence-corrected chi connectivity index (χ2v) is 9.78. The van der Waals surface area contributed by atoms with Gasteiger partial charge in [-0.25, -0.2) is 4.79 Å². The van der Waals surface area contributed by atoms with E-state index in [1.54, 1.807) is 23.7 Å². The number of carboxylic acids is 1. The lowest BCUT2D eigenvalue weighted by atomic mass is 9.81. The molecule has 0 saturated carbocycles. The van der Waals surface area contributed by atoms with Crippen LogP contribution in [0.1, 0.15) is 38.5 Å². The van der Waals surface area contributed by atoms with Gasteiger partial charge in [-0.1, -0.05) is 0 Å². The summed E-state index contributed by atoms with van der Waals surface area (Å²) in [6.07, 6.45) is 2.99. The maximum atomic E-state index is 12.8. The standard InChI is InChI=1S/C21H24N2O3S.C2HF3O2/c24-20(19-10-16-2-1-3-18(16)27-19)23-13-21(14-23)17(6-9-26-21)12-25-11-15-4-7-22-8-5-15;3-2(4,5)1(6)7/h4-5,7-8,10,17H,1-3,6,9,11-14H2;(H,6,7). The Morgan fingerprint density at radius 2 is 1.97 bits per heavy atom. The van der Waals surface area contributed by atoms with Crippen LogP contribution in [0.4, 0.5) is 13.2 Å². The van der Waals surface area contributed by atoms with Crippen LogP contribution in [0, 0.1) is 5.92 Å². The first kappa shape index (κ1) is 24.6. The normalized spacial score (nSPS) is 20.4. The van der Waals surface area contributed by atoms with Gasteiger partial charge in [0.25, 0.3) is 5.91 Å². The maximum Gasteiger partial charge on any atom is 0.490 e. The summed E-state index contributed by atoms with van der Waals surface area (Å²) in [6.45, 7) is 3.42. The van der Waals surface area contributed by atoms with E-state index >= 15 is 0 Å². The molecule has 0 radical (unpaired) electrons. The van der Waals surface area contributed by atoms with Crippen molar-refractivity contribution < 1.29 is 37.3 Å². The van der Waals surface area contributed by atoms with Crippen molar-refractivity contribution in [1.82, 2.24) is 9.88 Å². The lowest BCUT2D eigenvalue weighted by Crippen LogP contribution is -2.66. The number of hydrogen-bond acceptors (Lipinski definition) is 6. The Hall–Kier alpha value is -2.50. The fraction of sp³-hybridized carbons (Fsp3) is 0.522. The third kappa shape index (κ3) is 5.42. The van der Waals surface area contributed by atoms with Gasteiger partial charge in [-0.15, -0.1) is 11.3 Å². The van der Waals surface area contributed by atoms with Crippen molar-refractivity contribution in [1.29, 1.82) is 0 Å². The maximum absolute atomic E-state index is 12.8. The minimum Gasteiger partial charge on any atom is -0.475 e. The molecule has 1 spiro atoms. The quantitative estimate of drug-likeness (QED) is 0.676. The summed E-state index contributed by atoms with van der Waals surface area (Å²) in [4.78, 5) is 30.0. The third-order valence-electron chi connectivity index (χ3n) is 6.34. The molecule has 1 amide bonds. The number of pyridine rings is 1. The molecule has 2 aromatic heterocycles. The summed E-state index contributed by atoms with van der Waals surface area (Å²) >= 11 is 1.69. The Bertz CT molecular complexity index is 1000. The first-order chi connectivity index (χ1) is 16.2. The second-order valence-electron chi connectivity index (χ2n) is 8.65. The van der Waals surface area contributed by atoms with Crippen LogP contribution in [0.2, 0.25) is 0 Å². The molecule has 2 aliphatic heterocycles. The molecule has 5 rings (SSSR count). The lowest BCUT2D eigenvalue weighted by molar-refractivity contribution is -0.192. The predicted molar refractivity (Wildman–Crippen MR) is 117 cm³/mol. The fourth-order valence-electron chi connectivity index (χ4n) is 4.50. The summed E-state index contributed by atoms with van der Waals surface area (Å²) in [6, 6.07) is 6.07. The van der Waals surface area contributed by atoms with Gasteiger partial charge in [0.2, 0.25) is 0 Å². The number of likely N-dealkylation sites (tertiary alicyclic amines) is 1. The number of fused-ring (bicyclic) bond motifs is 1. The summed E-state index contributed by atoms with van der Waals surface area (Å²) in [5.41, 5.74) is 2.32. The first-order valence-electron chi connectivity index (χ1n) is 11.0. The highest BCUT2D eigenvalue weighted by atomic mass is 32.1. The topological polar surface area (TPSA) is 89.0 Å². The number of carbonyl (C=O) groups is 2. The van der Waals surface area contributed by atoms with Crippen molar-refractivity contribution in [3.8, 4) is 0 Å². The highest BCUT2D eigenvalue weighted by Crippen LogP contribution is 2.41. The van der Waals surface area contributed by atoms with Crippen LogP contribution in [0.15, 0.2) is 30.6 Å². The van der Waals surface area contributed by atoms with Crippen LogP contribution in [-0.2, 0) is 33.7 Å². The van der Waals surface area contributed by atoms with Gasteiger partial charge in [-0.05, 0) is 55.0 Å². The van der Waals surface area contributed by atoms with E-state index in [0.29, 0.717) is 32.2 Å². The number of nitrogens with zero attached hydrogens (tertiary/aromatic N) is 2. The van der Waals surface area contributed by atoms with E-state index in [4.69, 9.17) is 19.4 Å². The number of carbonyl (C=O) groups excluding carboxylic acids is 1. The highest BCUT2D eigenvalue weighted by Gasteiger charge is 2.54. The van der Waals surface area contributed by atoms with Crippen molar-refractivity contribution in [2.24, 2.45) is 5.92 Å². The molecule has 1 aliphatic carbocycles. The molecule has 4 heterocycles. The van der Waals surface area contributed by atoms with Gasteiger partial charge in [0.15, 0.2) is 0 Å². The molecular weight excluding hydrogens is 473 g/mol. The molecule has 1 N–H and O–H groups in total. The third-order valence-corrected chi connectivity index (χ3v) is 7.57. The summed E-state index contributed by atoms with van der Waals surface area (Å²) in [5.74, 6) is -2.23.